The fourth-order valence-electron chi connectivity index (χ4n) is 4.56. The zero-order valence-corrected chi connectivity index (χ0v) is 24.3. The number of nitrogens with two attached hydrogens (primary N) is 1. The van der Waals surface area contributed by atoms with E-state index < -0.39 is 5.91 Å². The second-order valence-electron chi connectivity index (χ2n) is 9.55. The predicted molar refractivity (Wildman–Crippen MR) is 154 cm³/mol. The van der Waals surface area contributed by atoms with Crippen LogP contribution in [0.3, 0.4) is 0 Å². The predicted octanol–water partition coefficient (Wildman–Crippen LogP) is 3.64. The molecule has 0 atom stereocenters. The van der Waals surface area contributed by atoms with Crippen LogP contribution in [0, 0.1) is 6.92 Å². The number of amides is 1. The number of halogens is 1. The summed E-state index contributed by atoms with van der Waals surface area (Å²) in [6.45, 7) is 4.71. The highest BCUT2D eigenvalue weighted by Gasteiger charge is 2.26. The van der Waals surface area contributed by atoms with Gasteiger partial charge in [-0.2, -0.15) is 9.78 Å². The standard InChI is InChI=1S/C27H30BrN9O4/c1-17-8-4-5-9-19(17)16-40-24-20(28)12-18(13-22(24)39-2)14-30-32-27(38)23-21(15-36-10-6-3-7-11-36)31-35-37(23)26-25(29)33-41-34-26/h4-5,8-9,12-14H,3,6-7,10-11,15-16H2,1-2H3,(H2,29,33)(H,32,38)/b30-14+. The normalized spacial score (nSPS) is 13.9. The van der Waals surface area contributed by atoms with Crippen LogP contribution in [0.25, 0.3) is 5.82 Å². The molecule has 14 heteroatoms. The van der Waals surface area contributed by atoms with Gasteiger partial charge in [0.25, 0.3) is 5.91 Å². The molecule has 1 amide bonds. The van der Waals surface area contributed by atoms with Crippen LogP contribution in [0.4, 0.5) is 5.82 Å². The van der Waals surface area contributed by atoms with Gasteiger partial charge < -0.3 is 15.2 Å². The molecule has 0 aliphatic carbocycles. The summed E-state index contributed by atoms with van der Waals surface area (Å²) in [4.78, 5) is 15.6. The lowest BCUT2D eigenvalue weighted by molar-refractivity contribution is 0.0944. The van der Waals surface area contributed by atoms with Gasteiger partial charge in [0.15, 0.2) is 17.2 Å². The number of hydrazone groups is 1. The van der Waals surface area contributed by atoms with E-state index in [2.05, 4.69) is 52.0 Å². The summed E-state index contributed by atoms with van der Waals surface area (Å²) in [5, 5.41) is 19.9. The van der Waals surface area contributed by atoms with Crippen LogP contribution < -0.4 is 20.6 Å². The van der Waals surface area contributed by atoms with Crippen LogP contribution in [0.1, 0.15) is 52.1 Å². The first kappa shape index (κ1) is 28.2. The molecular formula is C27H30BrN9O4. The second-order valence-corrected chi connectivity index (χ2v) is 10.4. The summed E-state index contributed by atoms with van der Waals surface area (Å²) in [6.07, 6.45) is 4.87. The highest BCUT2D eigenvalue weighted by atomic mass is 79.9. The maximum absolute atomic E-state index is 13.4. The lowest BCUT2D eigenvalue weighted by Gasteiger charge is -2.25. The summed E-state index contributed by atoms with van der Waals surface area (Å²) in [5.41, 5.74) is 11.9. The highest BCUT2D eigenvalue weighted by molar-refractivity contribution is 9.10. The average Bonchev–Trinajstić information content (AvgIpc) is 3.59. The highest BCUT2D eigenvalue weighted by Crippen LogP contribution is 2.37. The number of rotatable bonds is 10. The number of aromatic nitrogens is 5. The monoisotopic (exact) mass is 623 g/mol. The number of aryl methyl sites for hydroxylation is 1. The number of carbonyl (C=O) groups is 1. The topological polar surface area (TPSA) is 159 Å². The summed E-state index contributed by atoms with van der Waals surface area (Å²) in [7, 11) is 1.56. The van der Waals surface area contributed by atoms with Gasteiger partial charge >= 0.3 is 0 Å². The van der Waals surface area contributed by atoms with Crippen molar-refractivity contribution in [2.24, 2.45) is 5.10 Å². The Labute approximate surface area is 244 Å². The third kappa shape index (κ3) is 6.55. The number of nitrogens with zero attached hydrogens (tertiary/aromatic N) is 7. The Morgan fingerprint density at radius 1 is 1.22 bits per heavy atom. The Morgan fingerprint density at radius 2 is 2.02 bits per heavy atom. The van der Waals surface area contributed by atoms with Gasteiger partial charge in [0.05, 0.1) is 17.8 Å². The summed E-state index contributed by atoms with van der Waals surface area (Å²) < 4.78 is 18.2. The van der Waals surface area contributed by atoms with Gasteiger partial charge in [-0.05, 0) is 87.9 Å². The SMILES string of the molecule is COc1cc(/C=N/NC(=O)c2c(CN3CCCCC3)nnn2-c2nonc2N)cc(Br)c1OCc1ccccc1C. The molecule has 1 fully saturated rings. The van der Waals surface area contributed by atoms with E-state index in [0.29, 0.717) is 40.4 Å². The number of ether oxygens (including phenoxy) is 2. The minimum atomic E-state index is -0.537. The second kappa shape index (κ2) is 12.9. The van der Waals surface area contributed by atoms with E-state index >= 15 is 0 Å². The molecule has 0 saturated carbocycles. The molecule has 3 N–H and O–H groups in total. The number of carbonyl (C=O) groups excluding carboxylic acids is 1. The molecule has 0 spiro atoms. The zero-order chi connectivity index (χ0) is 28.8. The first-order valence-electron chi connectivity index (χ1n) is 13.1. The molecular weight excluding hydrogens is 594 g/mol. The van der Waals surface area contributed by atoms with Gasteiger partial charge in [0.1, 0.15) is 12.3 Å². The number of benzene rings is 2. The fourth-order valence-corrected chi connectivity index (χ4v) is 5.13. The Kier molecular flexibility index (Phi) is 8.89. The molecule has 1 aliphatic rings. The molecule has 3 heterocycles. The van der Waals surface area contributed by atoms with E-state index in [1.54, 1.807) is 13.2 Å². The average molecular weight is 624 g/mol. The van der Waals surface area contributed by atoms with Crippen LogP contribution in [0.5, 0.6) is 11.5 Å². The molecule has 2 aromatic carbocycles. The molecule has 5 rings (SSSR count). The minimum absolute atomic E-state index is 0.0151. The number of hydrogen-bond acceptors (Lipinski definition) is 11. The fraction of sp³-hybridized carbons (Fsp3) is 0.333. The number of hydrogen-bond donors (Lipinski definition) is 2. The van der Waals surface area contributed by atoms with Crippen molar-refractivity contribution in [2.75, 3.05) is 25.9 Å². The van der Waals surface area contributed by atoms with Gasteiger partial charge in [-0.3, -0.25) is 9.69 Å². The van der Waals surface area contributed by atoms with Crippen LogP contribution in [-0.2, 0) is 13.2 Å². The zero-order valence-electron chi connectivity index (χ0n) is 22.7. The van der Waals surface area contributed by atoms with Crippen molar-refractivity contribution >= 4 is 33.9 Å². The molecule has 4 aromatic rings. The Bertz CT molecular complexity index is 1550. The molecule has 214 valence electrons. The van der Waals surface area contributed by atoms with Gasteiger partial charge in [-0.1, -0.05) is 35.9 Å². The minimum Gasteiger partial charge on any atom is -0.493 e. The van der Waals surface area contributed by atoms with Crippen LogP contribution >= 0.6 is 15.9 Å². The Morgan fingerprint density at radius 3 is 2.76 bits per heavy atom. The van der Waals surface area contributed by atoms with Crippen molar-refractivity contribution in [3.05, 3.63) is 68.9 Å². The van der Waals surface area contributed by atoms with E-state index in [4.69, 9.17) is 19.8 Å². The number of nitrogens with one attached hydrogen (secondary N) is 1. The third-order valence-electron chi connectivity index (χ3n) is 6.74. The van der Waals surface area contributed by atoms with Crippen molar-refractivity contribution < 1.29 is 18.9 Å². The summed E-state index contributed by atoms with van der Waals surface area (Å²) in [5.74, 6) is 0.601. The lowest BCUT2D eigenvalue weighted by Crippen LogP contribution is -2.31. The van der Waals surface area contributed by atoms with Crippen LogP contribution in [0.2, 0.25) is 0 Å². The van der Waals surface area contributed by atoms with Crippen molar-refractivity contribution in [2.45, 2.75) is 39.3 Å². The van der Waals surface area contributed by atoms with Crippen LogP contribution in [-0.4, -0.2) is 62.5 Å². The summed E-state index contributed by atoms with van der Waals surface area (Å²) in [6, 6.07) is 11.6. The van der Waals surface area contributed by atoms with E-state index in [1.165, 1.54) is 17.3 Å². The molecule has 0 bridgehead atoms. The maximum atomic E-state index is 13.4. The van der Waals surface area contributed by atoms with Gasteiger partial charge in [0.2, 0.25) is 11.6 Å². The summed E-state index contributed by atoms with van der Waals surface area (Å²) >= 11 is 3.57. The Hall–Kier alpha value is -4.30. The molecule has 1 saturated heterocycles. The third-order valence-corrected chi connectivity index (χ3v) is 7.33. The quantitative estimate of drug-likeness (QED) is 0.197. The van der Waals surface area contributed by atoms with Crippen molar-refractivity contribution in [1.29, 1.82) is 0 Å². The van der Waals surface area contributed by atoms with Gasteiger partial charge in [-0.25, -0.2) is 10.1 Å². The number of piperidine rings is 1. The van der Waals surface area contributed by atoms with E-state index in [-0.39, 0.29) is 17.3 Å². The molecule has 0 unspecified atom stereocenters. The number of likely N-dealkylation sites (tertiary alicyclic amines) is 1. The smallest absolute Gasteiger partial charge is 0.292 e. The molecule has 41 heavy (non-hydrogen) atoms. The van der Waals surface area contributed by atoms with Crippen molar-refractivity contribution in [3.63, 3.8) is 0 Å². The molecule has 1 aliphatic heterocycles. The van der Waals surface area contributed by atoms with E-state index in [1.807, 2.05) is 37.3 Å². The Balaban J connectivity index is 1.33. The van der Waals surface area contributed by atoms with Crippen LogP contribution in [0.15, 0.2) is 50.6 Å². The van der Waals surface area contributed by atoms with E-state index in [9.17, 15) is 4.79 Å². The molecule has 13 nitrogen and oxygen atoms in total. The first-order chi connectivity index (χ1) is 19.9. The molecule has 2 aromatic heterocycles. The number of nitrogen functional groups attached to an aromatic ring is 1. The van der Waals surface area contributed by atoms with Crippen molar-refractivity contribution in [1.82, 2.24) is 35.6 Å². The maximum Gasteiger partial charge on any atom is 0.292 e. The van der Waals surface area contributed by atoms with Gasteiger partial charge in [0, 0.05) is 6.54 Å². The molecule has 0 radical (unpaired) electrons. The number of anilines is 1. The first-order valence-corrected chi connectivity index (χ1v) is 13.9. The largest absolute Gasteiger partial charge is 0.493 e. The number of methoxy groups -OCH3 is 1. The lowest BCUT2D eigenvalue weighted by atomic mass is 10.1. The van der Waals surface area contributed by atoms with Gasteiger partial charge in [-0.15, -0.1) is 5.10 Å². The van der Waals surface area contributed by atoms with Crippen molar-refractivity contribution in [3.8, 4) is 17.3 Å². The van der Waals surface area contributed by atoms with E-state index in [0.717, 1.165) is 37.1 Å².